The number of piperazine rings is 1. The fourth-order valence-electron chi connectivity index (χ4n) is 5.69. The van der Waals surface area contributed by atoms with E-state index in [1.165, 1.54) is 6.92 Å². The lowest BCUT2D eigenvalue weighted by Gasteiger charge is -2.42. The number of hydrogen-bond donors (Lipinski definition) is 1. The Bertz CT molecular complexity index is 1640. The summed E-state index contributed by atoms with van der Waals surface area (Å²) in [4.78, 5) is 36.3. The molecule has 6 heterocycles. The number of amides is 1. The van der Waals surface area contributed by atoms with Crippen LogP contribution in [0.25, 0.3) is 22.3 Å². The van der Waals surface area contributed by atoms with Gasteiger partial charge in [0.05, 0.1) is 61.6 Å². The Morgan fingerprint density at radius 3 is 2.67 bits per heavy atom. The van der Waals surface area contributed by atoms with Crippen LogP contribution in [0, 0.1) is 0 Å². The molecule has 42 heavy (non-hydrogen) atoms. The summed E-state index contributed by atoms with van der Waals surface area (Å²) in [5.41, 5.74) is 2.95. The molecule has 7 rings (SSSR count). The summed E-state index contributed by atoms with van der Waals surface area (Å²) in [5, 5.41) is 3.79. The van der Waals surface area contributed by atoms with Crippen LogP contribution in [-0.2, 0) is 28.3 Å². The molecule has 10 nitrogen and oxygen atoms in total. The molecular formula is C31H32FN7O3. The molecule has 0 saturated carbocycles. The number of halogens is 1. The Balaban J connectivity index is 1.04. The van der Waals surface area contributed by atoms with Gasteiger partial charge < -0.3 is 19.7 Å². The van der Waals surface area contributed by atoms with Crippen LogP contribution in [0.1, 0.15) is 34.1 Å². The summed E-state index contributed by atoms with van der Waals surface area (Å²) in [5.74, 6) is 0.416. The average molecular weight is 570 g/mol. The van der Waals surface area contributed by atoms with Crippen LogP contribution in [0.3, 0.4) is 0 Å². The highest BCUT2D eigenvalue weighted by Crippen LogP contribution is 2.34. The molecule has 0 spiro atoms. The highest BCUT2D eigenvalue weighted by atomic mass is 19.1. The third-order valence-electron chi connectivity index (χ3n) is 8.26. The number of rotatable bonds is 6. The van der Waals surface area contributed by atoms with Crippen LogP contribution < -0.4 is 10.2 Å². The van der Waals surface area contributed by atoms with E-state index in [0.717, 1.165) is 67.2 Å². The first-order valence-electron chi connectivity index (χ1n) is 14.3. The summed E-state index contributed by atoms with van der Waals surface area (Å²) in [6.45, 7) is 7.35. The molecule has 1 amide bonds. The van der Waals surface area contributed by atoms with E-state index in [9.17, 15) is 9.18 Å². The molecule has 1 atom stereocenters. The lowest BCUT2D eigenvalue weighted by Crippen LogP contribution is -2.56. The number of anilines is 1. The molecule has 2 fully saturated rings. The predicted molar refractivity (Wildman–Crippen MR) is 155 cm³/mol. The van der Waals surface area contributed by atoms with Gasteiger partial charge in [0.2, 0.25) is 5.95 Å². The van der Waals surface area contributed by atoms with E-state index < -0.39 is 5.67 Å². The number of pyridine rings is 2. The maximum Gasteiger partial charge on any atom is 0.251 e. The number of aromatic nitrogens is 4. The molecular weight excluding hydrogens is 537 g/mol. The second kappa shape index (κ2) is 11.0. The molecule has 2 saturated heterocycles. The number of fused-ring (bicyclic) bond motifs is 2. The van der Waals surface area contributed by atoms with E-state index in [1.54, 1.807) is 30.6 Å². The van der Waals surface area contributed by atoms with Crippen LogP contribution in [0.5, 0.6) is 0 Å². The zero-order chi connectivity index (χ0) is 28.7. The fourth-order valence-corrected chi connectivity index (χ4v) is 5.69. The number of ether oxygens (including phenoxy) is 2. The van der Waals surface area contributed by atoms with Gasteiger partial charge in [0.25, 0.3) is 5.91 Å². The minimum Gasteiger partial charge on any atom is -0.378 e. The third kappa shape index (κ3) is 5.31. The molecule has 11 heteroatoms. The Morgan fingerprint density at radius 2 is 1.86 bits per heavy atom. The van der Waals surface area contributed by atoms with Gasteiger partial charge in [0, 0.05) is 49.5 Å². The van der Waals surface area contributed by atoms with Crippen molar-refractivity contribution in [1.29, 1.82) is 0 Å². The molecule has 0 bridgehead atoms. The van der Waals surface area contributed by atoms with Crippen LogP contribution in [0.4, 0.5) is 10.3 Å². The van der Waals surface area contributed by atoms with Crippen molar-refractivity contribution in [1.82, 2.24) is 30.2 Å². The van der Waals surface area contributed by atoms with Gasteiger partial charge in [-0.25, -0.2) is 19.3 Å². The topological polar surface area (TPSA) is 106 Å². The molecule has 1 aromatic carbocycles. The molecule has 1 N–H and O–H groups in total. The third-order valence-corrected chi connectivity index (χ3v) is 8.26. The van der Waals surface area contributed by atoms with Gasteiger partial charge >= 0.3 is 0 Å². The maximum atomic E-state index is 14.9. The van der Waals surface area contributed by atoms with E-state index >= 15 is 0 Å². The summed E-state index contributed by atoms with van der Waals surface area (Å²) in [6.07, 6.45) is 3.53. The first kappa shape index (κ1) is 26.8. The summed E-state index contributed by atoms with van der Waals surface area (Å²) >= 11 is 0. The molecule has 3 aliphatic heterocycles. The van der Waals surface area contributed by atoms with Gasteiger partial charge in [-0.15, -0.1) is 0 Å². The van der Waals surface area contributed by atoms with Crippen molar-refractivity contribution in [3.05, 3.63) is 77.2 Å². The summed E-state index contributed by atoms with van der Waals surface area (Å²) in [6, 6.07) is 13.3. The number of hydrogen-bond acceptors (Lipinski definition) is 9. The minimum absolute atomic E-state index is 0.0229. The van der Waals surface area contributed by atoms with Crippen LogP contribution in [0.15, 0.2) is 54.9 Å². The monoisotopic (exact) mass is 569 g/mol. The zero-order valence-corrected chi connectivity index (χ0v) is 23.4. The Kier molecular flexibility index (Phi) is 7.01. The van der Waals surface area contributed by atoms with Crippen molar-refractivity contribution in [2.75, 3.05) is 50.9 Å². The van der Waals surface area contributed by atoms with Crippen molar-refractivity contribution in [2.24, 2.45) is 0 Å². The smallest absolute Gasteiger partial charge is 0.251 e. The van der Waals surface area contributed by atoms with Crippen molar-refractivity contribution in [3.63, 3.8) is 0 Å². The van der Waals surface area contributed by atoms with Crippen molar-refractivity contribution in [3.8, 4) is 11.4 Å². The molecule has 4 aromatic rings. The quantitative estimate of drug-likeness (QED) is 0.375. The van der Waals surface area contributed by atoms with Gasteiger partial charge in [-0.1, -0.05) is 6.07 Å². The molecule has 0 unspecified atom stereocenters. The first-order valence-corrected chi connectivity index (χ1v) is 14.3. The standard InChI is InChI=1S/C31H32FN7O3/c1-31(32)19-42-16-22-3-2-20(12-25(22)31)29(40)35-15-23-13-28-21(14-34-23)4-5-26(36-28)27-6-7-33-30(37-27)39-10-8-38(9-11-39)24-17-41-18-24/h2-7,12-14,24H,8-11,15-19H2,1H3,(H,35,40)/t31-/m1/s1. The number of alkyl halides is 1. The SMILES string of the molecule is C[C@@]1(F)COCc2ccc(C(=O)NCc3cc4nc(-c5ccnc(N6CCN(C7COC7)CC6)n5)ccc4cn3)cc21. The van der Waals surface area contributed by atoms with Gasteiger partial charge in [-0.05, 0) is 54.4 Å². The fraction of sp³-hybridized carbons (Fsp3) is 0.387. The van der Waals surface area contributed by atoms with Crippen LogP contribution >= 0.6 is 0 Å². The Labute approximate surface area is 242 Å². The number of nitrogens with one attached hydrogen (secondary N) is 1. The largest absolute Gasteiger partial charge is 0.378 e. The predicted octanol–water partition coefficient (Wildman–Crippen LogP) is 3.25. The van der Waals surface area contributed by atoms with E-state index in [-0.39, 0.29) is 19.1 Å². The number of carbonyl (C=O) groups is 1. The lowest BCUT2D eigenvalue weighted by atomic mass is 9.90. The second-order valence-corrected chi connectivity index (χ2v) is 11.3. The normalized spacial score (nSPS) is 21.1. The number of carbonyl (C=O) groups excluding carboxylic acids is 1. The van der Waals surface area contributed by atoms with Gasteiger partial charge in [0.15, 0.2) is 5.67 Å². The van der Waals surface area contributed by atoms with Gasteiger partial charge in [-0.3, -0.25) is 14.7 Å². The number of nitrogens with zero attached hydrogens (tertiary/aromatic N) is 6. The molecule has 216 valence electrons. The van der Waals surface area contributed by atoms with Gasteiger partial charge in [0.1, 0.15) is 0 Å². The highest BCUT2D eigenvalue weighted by Gasteiger charge is 2.33. The Hall–Kier alpha value is -4.06. The van der Waals surface area contributed by atoms with E-state index in [2.05, 4.69) is 25.1 Å². The minimum atomic E-state index is -1.63. The van der Waals surface area contributed by atoms with Gasteiger partial charge in [-0.2, -0.15) is 0 Å². The average Bonchev–Trinajstić information content (AvgIpc) is 2.99. The molecule has 0 radical (unpaired) electrons. The zero-order valence-electron chi connectivity index (χ0n) is 23.4. The summed E-state index contributed by atoms with van der Waals surface area (Å²) < 4.78 is 25.6. The van der Waals surface area contributed by atoms with E-state index in [1.807, 2.05) is 24.3 Å². The first-order chi connectivity index (χ1) is 20.4. The Morgan fingerprint density at radius 1 is 1.02 bits per heavy atom. The lowest BCUT2D eigenvalue weighted by molar-refractivity contribution is -0.0661. The van der Waals surface area contributed by atoms with Crippen LogP contribution in [-0.4, -0.2) is 82.8 Å². The van der Waals surface area contributed by atoms with Crippen molar-refractivity contribution >= 4 is 22.8 Å². The maximum absolute atomic E-state index is 14.9. The van der Waals surface area contributed by atoms with Crippen molar-refractivity contribution in [2.45, 2.75) is 31.8 Å². The molecule has 3 aromatic heterocycles. The molecule has 3 aliphatic rings. The number of benzene rings is 1. The van der Waals surface area contributed by atoms with Crippen molar-refractivity contribution < 1.29 is 18.7 Å². The van der Waals surface area contributed by atoms with E-state index in [0.29, 0.717) is 35.4 Å². The van der Waals surface area contributed by atoms with Crippen LogP contribution in [0.2, 0.25) is 0 Å². The second-order valence-electron chi connectivity index (χ2n) is 11.3. The summed E-state index contributed by atoms with van der Waals surface area (Å²) in [7, 11) is 0. The molecule has 0 aliphatic carbocycles. The van der Waals surface area contributed by atoms with E-state index in [4.69, 9.17) is 19.4 Å². The highest BCUT2D eigenvalue weighted by molar-refractivity contribution is 5.94.